The van der Waals surface area contributed by atoms with Crippen LogP contribution >= 0.6 is 11.9 Å². The maximum absolute atomic E-state index is 14.7. The Hall–Kier alpha value is -2.91. The van der Waals surface area contributed by atoms with Gasteiger partial charge in [-0.3, -0.25) is 9.78 Å². The summed E-state index contributed by atoms with van der Waals surface area (Å²) in [5, 5.41) is 3.46. The number of carbonyl (C=O) groups is 1. The van der Waals surface area contributed by atoms with Crippen LogP contribution in [0.2, 0.25) is 0 Å². The fourth-order valence-corrected chi connectivity index (χ4v) is 5.58. The van der Waals surface area contributed by atoms with E-state index in [1.54, 1.807) is 0 Å². The second kappa shape index (κ2) is 10.6. The van der Waals surface area contributed by atoms with Crippen LogP contribution in [-0.2, 0) is 11.2 Å². The lowest BCUT2D eigenvalue weighted by molar-refractivity contribution is -0.116. The number of pyridine rings is 1. The lowest BCUT2D eigenvalue weighted by Crippen LogP contribution is -2.18. The summed E-state index contributed by atoms with van der Waals surface area (Å²) in [6.45, 7) is 0.985. The molecule has 3 atom stereocenters. The minimum atomic E-state index is -0.775. The first-order valence-corrected chi connectivity index (χ1v) is 12.8. The van der Waals surface area contributed by atoms with E-state index < -0.39 is 35.1 Å². The number of hydrogen-bond acceptors (Lipinski definition) is 4. The summed E-state index contributed by atoms with van der Waals surface area (Å²) in [6, 6.07) is 8.87. The van der Waals surface area contributed by atoms with Crippen LogP contribution in [0.5, 0.6) is 0 Å². The van der Waals surface area contributed by atoms with Crippen LogP contribution in [0.15, 0.2) is 54.9 Å². The smallest absolute Gasteiger partial charge is 0.225 e. The summed E-state index contributed by atoms with van der Waals surface area (Å²) in [5.74, 6) is -3.71. The van der Waals surface area contributed by atoms with Crippen molar-refractivity contribution >= 4 is 23.5 Å². The van der Waals surface area contributed by atoms with Gasteiger partial charge >= 0.3 is 0 Å². The first-order chi connectivity index (χ1) is 17.4. The number of nitrogens with zero attached hydrogens (tertiary/aromatic N) is 2. The van der Waals surface area contributed by atoms with Crippen LogP contribution in [-0.4, -0.2) is 33.0 Å². The molecule has 4 nitrogen and oxygen atoms in total. The Labute approximate surface area is 211 Å². The van der Waals surface area contributed by atoms with E-state index in [0.29, 0.717) is 23.6 Å². The Morgan fingerprint density at radius 2 is 1.72 bits per heavy atom. The summed E-state index contributed by atoms with van der Waals surface area (Å²) in [4.78, 5) is 17.0. The van der Waals surface area contributed by atoms with E-state index in [1.807, 2.05) is 11.9 Å². The predicted molar refractivity (Wildman–Crippen MR) is 131 cm³/mol. The Morgan fingerprint density at radius 1 is 1.00 bits per heavy atom. The van der Waals surface area contributed by atoms with Crippen LogP contribution in [0.4, 0.5) is 23.2 Å². The van der Waals surface area contributed by atoms with E-state index in [0.717, 1.165) is 42.6 Å². The number of aromatic nitrogens is 1. The standard InChI is InChI=1S/C27H25F4N3OS/c28-18-3-1-16(2-4-18)24(17-9-19(29)11-20(30)10-17)12-27(35)33-26-14-32-13-25(31)23(26)8-5-21-15-34(21)36-22-6-7-22/h1-4,9-11,13-14,21-22,24H,5-8,12,15H2,(H,33,35)/t21-,24-,34?/m0/s1. The first kappa shape index (κ1) is 24.8. The molecule has 1 saturated heterocycles. The van der Waals surface area contributed by atoms with E-state index in [9.17, 15) is 22.4 Å². The normalized spacial score (nSPS) is 19.7. The summed E-state index contributed by atoms with van der Waals surface area (Å²) in [5.41, 5.74) is 1.44. The van der Waals surface area contributed by atoms with Crippen molar-refractivity contribution in [1.82, 2.24) is 9.29 Å². The molecule has 0 radical (unpaired) electrons. The van der Waals surface area contributed by atoms with Crippen LogP contribution < -0.4 is 5.32 Å². The SMILES string of the molecule is O=C(C[C@@H](c1ccc(F)cc1)c1cc(F)cc(F)c1)Nc1cncc(F)c1CC[C@H]1CN1SC1CC1. The molecule has 3 aromatic rings. The average Bonchev–Trinajstić information content (AvgIpc) is 3.76. The third-order valence-electron chi connectivity index (χ3n) is 6.43. The van der Waals surface area contributed by atoms with Crippen molar-refractivity contribution in [1.29, 1.82) is 0 Å². The molecule has 1 aliphatic heterocycles. The largest absolute Gasteiger partial charge is 0.324 e. The van der Waals surface area contributed by atoms with Crippen molar-refractivity contribution < 1.29 is 22.4 Å². The lowest BCUT2D eigenvalue weighted by Gasteiger charge is -2.19. The van der Waals surface area contributed by atoms with Gasteiger partial charge in [0.1, 0.15) is 23.3 Å². The maximum atomic E-state index is 14.7. The van der Waals surface area contributed by atoms with Crippen molar-refractivity contribution in [3.05, 3.63) is 94.8 Å². The van der Waals surface area contributed by atoms with Gasteiger partial charge in [-0.25, -0.2) is 21.9 Å². The summed E-state index contributed by atoms with van der Waals surface area (Å²) >= 11 is 1.88. The van der Waals surface area contributed by atoms with Crippen LogP contribution in [0.25, 0.3) is 0 Å². The Kier molecular flexibility index (Phi) is 7.29. The fourth-order valence-electron chi connectivity index (χ4n) is 4.31. The number of rotatable bonds is 10. The number of hydrogen-bond donors (Lipinski definition) is 1. The van der Waals surface area contributed by atoms with E-state index in [2.05, 4.69) is 14.6 Å². The maximum Gasteiger partial charge on any atom is 0.225 e. The van der Waals surface area contributed by atoms with E-state index in [4.69, 9.17) is 0 Å². The molecule has 2 aromatic carbocycles. The molecular weight excluding hydrogens is 490 g/mol. The van der Waals surface area contributed by atoms with Gasteiger partial charge in [-0.1, -0.05) is 24.1 Å². The lowest BCUT2D eigenvalue weighted by atomic mass is 9.88. The van der Waals surface area contributed by atoms with Gasteiger partial charge in [0.05, 0.1) is 18.1 Å². The van der Waals surface area contributed by atoms with Crippen molar-refractivity contribution in [2.45, 2.75) is 49.3 Å². The highest BCUT2D eigenvalue weighted by atomic mass is 32.2. The third-order valence-corrected chi connectivity index (χ3v) is 7.92. The van der Waals surface area contributed by atoms with Crippen molar-refractivity contribution in [3.63, 3.8) is 0 Å². The zero-order chi connectivity index (χ0) is 25.2. The van der Waals surface area contributed by atoms with Crippen LogP contribution in [0.1, 0.15) is 48.3 Å². The highest BCUT2D eigenvalue weighted by Gasteiger charge is 2.39. The van der Waals surface area contributed by atoms with Gasteiger partial charge < -0.3 is 5.32 Å². The van der Waals surface area contributed by atoms with Gasteiger partial charge in [0.15, 0.2) is 0 Å². The van der Waals surface area contributed by atoms with Gasteiger partial charge in [-0.15, -0.1) is 0 Å². The molecule has 1 amide bonds. The van der Waals surface area contributed by atoms with Crippen LogP contribution in [0.3, 0.4) is 0 Å². The van der Waals surface area contributed by atoms with Gasteiger partial charge in [-0.05, 0) is 61.1 Å². The van der Waals surface area contributed by atoms with Crippen LogP contribution in [0, 0.1) is 23.3 Å². The van der Waals surface area contributed by atoms with Gasteiger partial charge in [-0.2, -0.15) is 0 Å². The van der Waals surface area contributed by atoms with Crippen molar-refractivity contribution in [3.8, 4) is 0 Å². The molecule has 188 valence electrons. The van der Waals surface area contributed by atoms with E-state index in [1.165, 1.54) is 43.3 Å². The number of halogens is 4. The Morgan fingerprint density at radius 3 is 2.42 bits per heavy atom. The highest BCUT2D eigenvalue weighted by molar-refractivity contribution is 7.98. The Bertz CT molecular complexity index is 1230. The number of nitrogens with one attached hydrogen (secondary N) is 1. The zero-order valence-electron chi connectivity index (χ0n) is 19.4. The minimum Gasteiger partial charge on any atom is -0.324 e. The molecule has 2 aliphatic rings. The molecule has 1 N–H and O–H groups in total. The van der Waals surface area contributed by atoms with Gasteiger partial charge in [0.25, 0.3) is 0 Å². The molecule has 1 unspecified atom stereocenters. The van der Waals surface area contributed by atoms with Gasteiger partial charge in [0, 0.05) is 41.8 Å². The number of amides is 1. The average molecular weight is 516 g/mol. The molecular formula is C27H25F4N3OS. The minimum absolute atomic E-state index is 0.182. The molecule has 1 aromatic heterocycles. The molecule has 2 heterocycles. The molecule has 0 spiro atoms. The fraction of sp³-hybridized carbons (Fsp3) is 0.333. The monoisotopic (exact) mass is 515 g/mol. The molecule has 0 bridgehead atoms. The summed E-state index contributed by atoms with van der Waals surface area (Å²) < 4.78 is 58.4. The van der Waals surface area contributed by atoms with E-state index in [-0.39, 0.29) is 17.7 Å². The molecule has 1 aliphatic carbocycles. The van der Waals surface area contributed by atoms with Crippen molar-refractivity contribution in [2.24, 2.45) is 0 Å². The molecule has 1 saturated carbocycles. The highest BCUT2D eigenvalue weighted by Crippen LogP contribution is 2.43. The molecule has 36 heavy (non-hydrogen) atoms. The van der Waals surface area contributed by atoms with E-state index >= 15 is 0 Å². The number of carbonyl (C=O) groups excluding carboxylic acids is 1. The number of benzene rings is 2. The summed E-state index contributed by atoms with van der Waals surface area (Å²) in [7, 11) is 0. The quantitative estimate of drug-likeness (QED) is 0.198. The zero-order valence-corrected chi connectivity index (χ0v) is 20.2. The summed E-state index contributed by atoms with van der Waals surface area (Å²) in [6.07, 6.45) is 6.09. The van der Waals surface area contributed by atoms with Gasteiger partial charge in [0.2, 0.25) is 5.91 Å². The van der Waals surface area contributed by atoms with Crippen molar-refractivity contribution in [2.75, 3.05) is 11.9 Å². The second-order valence-electron chi connectivity index (χ2n) is 9.30. The third kappa shape index (κ3) is 6.25. The second-order valence-corrected chi connectivity index (χ2v) is 10.7. The molecule has 9 heteroatoms. The number of anilines is 1. The first-order valence-electron chi connectivity index (χ1n) is 11.9. The molecule has 2 fully saturated rings. The molecule has 5 rings (SSSR count). The Balaban J connectivity index is 1.30. The predicted octanol–water partition coefficient (Wildman–Crippen LogP) is 6.23. The topological polar surface area (TPSA) is 45.0 Å².